The van der Waals surface area contributed by atoms with Crippen LogP contribution in [0.25, 0.3) is 5.69 Å². The van der Waals surface area contributed by atoms with E-state index in [1.165, 1.54) is 12.1 Å². The molecule has 0 saturated carbocycles. The maximum atomic E-state index is 13.4. The molecule has 2 saturated heterocycles. The van der Waals surface area contributed by atoms with Gasteiger partial charge >= 0.3 is 0 Å². The highest BCUT2D eigenvalue weighted by Gasteiger charge is 2.43. The minimum absolute atomic E-state index is 0.235. The smallest absolute Gasteiger partial charge is 0.248 e. The molecular formula is C18H20FN5O3. The van der Waals surface area contributed by atoms with Crippen molar-refractivity contribution < 1.29 is 19.1 Å². The summed E-state index contributed by atoms with van der Waals surface area (Å²) in [4.78, 5) is 28.2. The van der Waals surface area contributed by atoms with Crippen LogP contribution in [0.1, 0.15) is 5.56 Å². The molecule has 2 N–H and O–H groups in total. The monoisotopic (exact) mass is 373 g/mol. The Morgan fingerprint density at radius 3 is 2.93 bits per heavy atom. The second-order valence-electron chi connectivity index (χ2n) is 6.80. The second kappa shape index (κ2) is 7.09. The summed E-state index contributed by atoms with van der Waals surface area (Å²) < 4.78 is 15.0. The largest absolute Gasteiger partial charge is 0.394 e. The highest BCUT2D eigenvalue weighted by Crippen LogP contribution is 2.18. The van der Waals surface area contributed by atoms with Crippen molar-refractivity contribution in [3.8, 4) is 5.69 Å². The molecule has 9 heteroatoms. The number of aliphatic hydroxyl groups is 1. The first-order chi connectivity index (χ1) is 13.0. The van der Waals surface area contributed by atoms with Crippen molar-refractivity contribution in [2.24, 2.45) is 0 Å². The fraction of sp³-hybridized carbons (Fsp3) is 0.389. The number of fused-ring (bicyclic) bond motifs is 1. The van der Waals surface area contributed by atoms with Crippen molar-refractivity contribution in [1.82, 2.24) is 24.9 Å². The van der Waals surface area contributed by atoms with Gasteiger partial charge in [-0.2, -0.15) is 5.10 Å². The zero-order chi connectivity index (χ0) is 19.0. The van der Waals surface area contributed by atoms with Crippen LogP contribution >= 0.6 is 0 Å². The number of hydrogen-bond donors (Lipinski definition) is 2. The number of halogens is 1. The number of carbonyl (C=O) groups excluding carboxylic acids is 2. The molecule has 0 spiro atoms. The van der Waals surface area contributed by atoms with E-state index in [2.05, 4.69) is 15.3 Å². The molecule has 2 amide bonds. The van der Waals surface area contributed by atoms with Gasteiger partial charge in [-0.3, -0.25) is 14.5 Å². The van der Waals surface area contributed by atoms with Gasteiger partial charge in [0, 0.05) is 37.9 Å². The molecule has 2 aliphatic heterocycles. The zero-order valence-corrected chi connectivity index (χ0v) is 14.6. The molecule has 0 aliphatic carbocycles. The lowest BCUT2D eigenvalue weighted by atomic mass is 10.0. The van der Waals surface area contributed by atoms with Gasteiger partial charge in [-0.05, 0) is 18.2 Å². The molecule has 0 bridgehead atoms. The summed E-state index contributed by atoms with van der Waals surface area (Å²) in [7, 11) is 0. The highest BCUT2D eigenvalue weighted by atomic mass is 19.1. The van der Waals surface area contributed by atoms with E-state index < -0.39 is 18.7 Å². The van der Waals surface area contributed by atoms with Gasteiger partial charge in [-0.15, -0.1) is 0 Å². The number of hydrogen-bond acceptors (Lipinski definition) is 5. The van der Waals surface area contributed by atoms with Crippen molar-refractivity contribution in [2.75, 3.05) is 26.2 Å². The number of aliphatic hydroxyl groups excluding tert-OH is 1. The molecular weight excluding hydrogens is 353 g/mol. The number of aromatic nitrogens is 2. The summed E-state index contributed by atoms with van der Waals surface area (Å²) in [5.74, 6) is -0.802. The molecule has 1 aromatic heterocycles. The molecule has 3 heterocycles. The van der Waals surface area contributed by atoms with E-state index in [1.54, 1.807) is 27.9 Å². The van der Waals surface area contributed by atoms with Gasteiger partial charge in [0.25, 0.3) is 0 Å². The second-order valence-corrected chi connectivity index (χ2v) is 6.80. The van der Waals surface area contributed by atoms with Crippen molar-refractivity contribution in [3.05, 3.63) is 48.0 Å². The van der Waals surface area contributed by atoms with Crippen LogP contribution in [0, 0.1) is 5.82 Å². The molecule has 27 heavy (non-hydrogen) atoms. The number of benzene rings is 1. The average molecular weight is 373 g/mol. The molecule has 0 radical (unpaired) electrons. The molecule has 0 unspecified atom stereocenters. The number of rotatable bonds is 4. The molecule has 4 rings (SSSR count). The van der Waals surface area contributed by atoms with Gasteiger partial charge < -0.3 is 15.3 Å². The standard InChI is InChI=1S/C18H20FN5O3/c19-13-2-1-3-14(6-13)24-9-12(7-20-24)8-22-4-5-23-16(10-22)17(26)21-15(11-25)18(23)27/h1-3,6-7,9,15-16,25H,4-5,8,10-11H2,(H,21,26)/t15-,16-/m1/s1. The average Bonchev–Trinajstić information content (AvgIpc) is 3.13. The van der Waals surface area contributed by atoms with Crippen LogP contribution in [0.3, 0.4) is 0 Å². The van der Waals surface area contributed by atoms with Crippen molar-refractivity contribution in [1.29, 1.82) is 0 Å². The molecule has 2 aromatic rings. The van der Waals surface area contributed by atoms with Gasteiger partial charge in [0.15, 0.2) is 0 Å². The predicted octanol–water partition coefficient (Wildman–Crippen LogP) is -0.485. The minimum Gasteiger partial charge on any atom is -0.394 e. The van der Waals surface area contributed by atoms with Gasteiger partial charge in [0.2, 0.25) is 11.8 Å². The topological polar surface area (TPSA) is 90.7 Å². The van der Waals surface area contributed by atoms with Gasteiger partial charge in [-0.25, -0.2) is 9.07 Å². The van der Waals surface area contributed by atoms with Gasteiger partial charge in [0.05, 0.1) is 18.5 Å². The van der Waals surface area contributed by atoms with Crippen LogP contribution in [0.2, 0.25) is 0 Å². The summed E-state index contributed by atoms with van der Waals surface area (Å²) in [6.45, 7) is 1.66. The number of carbonyl (C=O) groups is 2. The van der Waals surface area contributed by atoms with E-state index in [0.29, 0.717) is 31.9 Å². The van der Waals surface area contributed by atoms with Crippen LogP contribution in [-0.2, 0) is 16.1 Å². The van der Waals surface area contributed by atoms with Crippen LogP contribution < -0.4 is 5.32 Å². The molecule has 2 aliphatic rings. The first-order valence-electron chi connectivity index (χ1n) is 8.78. The summed E-state index contributed by atoms with van der Waals surface area (Å²) in [5.41, 5.74) is 1.57. The van der Waals surface area contributed by atoms with E-state index in [1.807, 2.05) is 6.20 Å². The Hall–Kier alpha value is -2.78. The van der Waals surface area contributed by atoms with Crippen LogP contribution in [0.4, 0.5) is 4.39 Å². The Labute approximate surface area is 155 Å². The molecule has 142 valence electrons. The third-order valence-corrected chi connectivity index (χ3v) is 4.96. The lowest BCUT2D eigenvalue weighted by Crippen LogP contribution is -2.69. The van der Waals surface area contributed by atoms with Crippen LogP contribution in [0.5, 0.6) is 0 Å². The third-order valence-electron chi connectivity index (χ3n) is 4.96. The third kappa shape index (κ3) is 3.43. The van der Waals surface area contributed by atoms with Crippen LogP contribution in [0.15, 0.2) is 36.7 Å². The van der Waals surface area contributed by atoms with E-state index >= 15 is 0 Å². The van der Waals surface area contributed by atoms with Gasteiger partial charge in [0.1, 0.15) is 17.9 Å². The molecule has 2 fully saturated rings. The van der Waals surface area contributed by atoms with Crippen LogP contribution in [-0.4, -0.2) is 74.8 Å². The molecule has 2 atom stereocenters. The Morgan fingerprint density at radius 1 is 1.30 bits per heavy atom. The lowest BCUT2D eigenvalue weighted by Gasteiger charge is -2.44. The Bertz CT molecular complexity index is 870. The van der Waals surface area contributed by atoms with Crippen molar-refractivity contribution in [2.45, 2.75) is 18.6 Å². The van der Waals surface area contributed by atoms with E-state index in [9.17, 15) is 19.1 Å². The maximum absolute atomic E-state index is 13.4. The zero-order valence-electron chi connectivity index (χ0n) is 14.6. The SMILES string of the molecule is O=C1N[C@H](CO)C(=O)N2CCN(Cc3cnn(-c4cccc(F)c4)c3)C[C@H]12. The van der Waals surface area contributed by atoms with Gasteiger partial charge in [-0.1, -0.05) is 6.07 Å². The fourth-order valence-electron chi connectivity index (χ4n) is 3.58. The first kappa shape index (κ1) is 17.6. The summed E-state index contributed by atoms with van der Waals surface area (Å²) in [6, 6.07) is 4.80. The Kier molecular flexibility index (Phi) is 4.63. The quantitative estimate of drug-likeness (QED) is 0.755. The van der Waals surface area contributed by atoms with E-state index in [-0.39, 0.29) is 17.6 Å². The number of nitrogens with zero attached hydrogens (tertiary/aromatic N) is 4. The number of amides is 2. The molecule has 8 nitrogen and oxygen atoms in total. The summed E-state index contributed by atoms with van der Waals surface area (Å²) >= 11 is 0. The summed E-state index contributed by atoms with van der Waals surface area (Å²) in [6.07, 6.45) is 3.54. The van der Waals surface area contributed by atoms with Crippen molar-refractivity contribution >= 4 is 11.8 Å². The highest BCUT2D eigenvalue weighted by molar-refractivity contribution is 5.97. The molecule has 1 aromatic carbocycles. The lowest BCUT2D eigenvalue weighted by molar-refractivity contribution is -0.154. The number of piperazine rings is 2. The normalized spacial score (nSPS) is 23.3. The van der Waals surface area contributed by atoms with E-state index in [4.69, 9.17) is 0 Å². The Balaban J connectivity index is 1.43. The fourth-order valence-corrected chi connectivity index (χ4v) is 3.58. The van der Waals surface area contributed by atoms with E-state index in [0.717, 1.165) is 5.56 Å². The van der Waals surface area contributed by atoms with Crippen molar-refractivity contribution in [3.63, 3.8) is 0 Å². The minimum atomic E-state index is -0.843. The summed E-state index contributed by atoms with van der Waals surface area (Å²) in [5, 5.41) is 16.1. The Morgan fingerprint density at radius 2 is 2.15 bits per heavy atom. The number of nitrogens with one attached hydrogen (secondary N) is 1. The maximum Gasteiger partial charge on any atom is 0.248 e. The first-order valence-corrected chi connectivity index (χ1v) is 8.78. The predicted molar refractivity (Wildman–Crippen MR) is 93.3 cm³/mol.